The number of aliphatic hydroxyl groups is 1. The molecule has 1 N–H and O–H groups in total. The first-order valence-corrected chi connectivity index (χ1v) is 11.2. The quantitative estimate of drug-likeness (QED) is 0.640. The number of aromatic nitrogens is 1. The molecule has 5 rings (SSSR count). The highest BCUT2D eigenvalue weighted by Crippen LogP contribution is 2.48. The predicted molar refractivity (Wildman–Crippen MR) is 115 cm³/mol. The molecular weight excluding hydrogens is 498 g/mol. The third kappa shape index (κ3) is 4.08. The van der Waals surface area contributed by atoms with E-state index >= 15 is 0 Å². The van der Waals surface area contributed by atoms with Crippen LogP contribution in [0.4, 0.5) is 13.2 Å². The van der Waals surface area contributed by atoms with Crippen molar-refractivity contribution in [3.63, 3.8) is 0 Å². The Morgan fingerprint density at radius 2 is 1.85 bits per heavy atom. The summed E-state index contributed by atoms with van der Waals surface area (Å²) in [6.07, 6.45) is -1.19. The maximum absolute atomic E-state index is 14.0. The molecule has 1 amide bonds. The van der Waals surface area contributed by atoms with Gasteiger partial charge in [0.25, 0.3) is 5.90 Å². The Morgan fingerprint density at radius 3 is 2.41 bits per heavy atom. The molecule has 0 bridgehead atoms. The third-order valence-corrected chi connectivity index (χ3v) is 6.45. The Labute approximate surface area is 202 Å². The van der Waals surface area contributed by atoms with E-state index in [1.165, 1.54) is 24.4 Å². The molecule has 1 saturated heterocycles. The summed E-state index contributed by atoms with van der Waals surface area (Å²) in [5.74, 6) is -3.24. The van der Waals surface area contributed by atoms with Crippen molar-refractivity contribution in [2.45, 2.75) is 36.8 Å². The van der Waals surface area contributed by atoms with Crippen LogP contribution in [0.1, 0.15) is 36.1 Å². The summed E-state index contributed by atoms with van der Waals surface area (Å²) < 4.78 is 47.2. The number of likely N-dealkylation sites (tertiary alicyclic amines) is 1. The number of carbonyl (C=O) groups excluding carboxylic acids is 1. The smallest absolute Gasteiger partial charge is 0.419 e. The maximum atomic E-state index is 14.0. The van der Waals surface area contributed by atoms with Gasteiger partial charge in [0.05, 0.1) is 29.9 Å². The second-order valence-electron chi connectivity index (χ2n) is 8.72. The Kier molecular flexibility index (Phi) is 5.46. The lowest BCUT2D eigenvalue weighted by molar-refractivity contribution is -0.352. The minimum Gasteiger partial charge on any atom is -0.419 e. The van der Waals surface area contributed by atoms with Crippen molar-refractivity contribution in [1.29, 1.82) is 0 Å². The van der Waals surface area contributed by atoms with Crippen LogP contribution in [0.15, 0.2) is 41.7 Å². The second-order valence-corrected chi connectivity index (χ2v) is 9.60. The van der Waals surface area contributed by atoms with Gasteiger partial charge in [-0.05, 0) is 54.2 Å². The molecule has 0 spiro atoms. The zero-order chi connectivity index (χ0) is 24.3. The van der Waals surface area contributed by atoms with Crippen LogP contribution >= 0.6 is 23.2 Å². The largest absolute Gasteiger partial charge is 0.475 e. The van der Waals surface area contributed by atoms with E-state index in [4.69, 9.17) is 32.8 Å². The standard InChI is InChI=1S/C22H18Cl2F3N3O4/c23-15-6-14(7-16(24)8-15)21(22(25,26)27)33-19(29-34-21)13-3-4-17(28-9-13)20(32)10-30(11-20)18(31)5-12-1-2-12/h3-4,6-9,12,32H,1-2,5,10-11H2. The average molecular weight is 516 g/mol. The van der Waals surface area contributed by atoms with E-state index in [1.54, 1.807) is 4.90 Å². The minimum atomic E-state index is -5.02. The Morgan fingerprint density at radius 1 is 1.18 bits per heavy atom. The molecule has 1 unspecified atom stereocenters. The highest BCUT2D eigenvalue weighted by Gasteiger charge is 2.66. The predicted octanol–water partition coefficient (Wildman–Crippen LogP) is 4.34. The molecule has 1 atom stereocenters. The Balaban J connectivity index is 1.32. The van der Waals surface area contributed by atoms with Crippen molar-refractivity contribution >= 4 is 35.0 Å². The zero-order valence-corrected chi connectivity index (χ0v) is 19.0. The molecule has 34 heavy (non-hydrogen) atoms. The average Bonchev–Trinajstić information content (AvgIpc) is 3.42. The van der Waals surface area contributed by atoms with Gasteiger partial charge in [-0.3, -0.25) is 9.78 Å². The van der Waals surface area contributed by atoms with Gasteiger partial charge in [0, 0.05) is 22.7 Å². The number of pyridine rings is 1. The molecular formula is C22H18Cl2F3N3O4. The summed E-state index contributed by atoms with van der Waals surface area (Å²) in [5.41, 5.74) is -1.40. The van der Waals surface area contributed by atoms with E-state index in [0.717, 1.165) is 25.0 Å². The monoisotopic (exact) mass is 515 g/mol. The molecule has 2 fully saturated rings. The number of amides is 1. The van der Waals surface area contributed by atoms with Gasteiger partial charge < -0.3 is 19.6 Å². The summed E-state index contributed by atoms with van der Waals surface area (Å²) in [5, 5.41) is 14.2. The Bertz CT molecular complexity index is 1140. The number of carbonyl (C=O) groups is 1. The fraction of sp³-hybridized carbons (Fsp3) is 0.409. The van der Waals surface area contributed by atoms with Crippen LogP contribution in [0.5, 0.6) is 0 Å². The normalized spacial score (nSPS) is 23.6. The first-order valence-electron chi connectivity index (χ1n) is 10.4. The van der Waals surface area contributed by atoms with Crippen molar-refractivity contribution in [3.8, 4) is 0 Å². The lowest BCUT2D eigenvalue weighted by atomic mass is 9.89. The Hall–Kier alpha value is -2.56. The van der Waals surface area contributed by atoms with Crippen molar-refractivity contribution in [2.75, 3.05) is 13.1 Å². The van der Waals surface area contributed by atoms with Crippen LogP contribution < -0.4 is 0 Å². The molecule has 2 aliphatic heterocycles. The zero-order valence-electron chi connectivity index (χ0n) is 17.5. The number of halogens is 5. The molecule has 12 heteroatoms. The van der Waals surface area contributed by atoms with Gasteiger partial charge in [0.15, 0.2) is 0 Å². The number of alkyl halides is 3. The van der Waals surface area contributed by atoms with Crippen LogP contribution in [0.2, 0.25) is 10.0 Å². The SMILES string of the molecule is O=C(CC1CC1)N1CC(O)(c2ccc(C3=NOC(c4cc(Cl)cc(Cl)c4)(C(F)(F)F)O3)cn2)C1. The van der Waals surface area contributed by atoms with Crippen LogP contribution in [-0.2, 0) is 25.8 Å². The molecule has 0 radical (unpaired) electrons. The summed E-state index contributed by atoms with van der Waals surface area (Å²) >= 11 is 11.7. The molecule has 7 nitrogen and oxygen atoms in total. The number of ether oxygens (including phenoxy) is 1. The van der Waals surface area contributed by atoms with E-state index in [1.807, 2.05) is 0 Å². The lowest BCUT2D eigenvalue weighted by Gasteiger charge is -2.46. The summed E-state index contributed by atoms with van der Waals surface area (Å²) in [7, 11) is 0. The highest BCUT2D eigenvalue weighted by molar-refractivity contribution is 6.34. The summed E-state index contributed by atoms with van der Waals surface area (Å²) in [6, 6.07) is 6.20. The van der Waals surface area contributed by atoms with Gasteiger partial charge in [-0.25, -0.2) is 0 Å². The topological polar surface area (TPSA) is 84.3 Å². The van der Waals surface area contributed by atoms with Crippen LogP contribution in [0, 0.1) is 5.92 Å². The number of nitrogens with zero attached hydrogens (tertiary/aromatic N) is 3. The molecule has 1 aliphatic carbocycles. The molecule has 1 saturated carbocycles. The van der Waals surface area contributed by atoms with Crippen molar-refractivity contribution in [1.82, 2.24) is 9.88 Å². The molecule has 180 valence electrons. The number of hydrogen-bond acceptors (Lipinski definition) is 6. The maximum Gasteiger partial charge on any atom is 0.475 e. The third-order valence-electron chi connectivity index (χ3n) is 6.02. The fourth-order valence-corrected chi connectivity index (χ4v) is 4.46. The first kappa shape index (κ1) is 23.2. The van der Waals surface area contributed by atoms with Crippen LogP contribution in [0.25, 0.3) is 0 Å². The molecule has 1 aromatic carbocycles. The first-order chi connectivity index (χ1) is 16.0. The number of rotatable bonds is 5. The van der Waals surface area contributed by atoms with Crippen LogP contribution in [0.3, 0.4) is 0 Å². The number of oxime groups is 1. The van der Waals surface area contributed by atoms with Crippen molar-refractivity contribution in [3.05, 3.63) is 63.4 Å². The number of benzene rings is 1. The molecule has 3 heterocycles. The number of hydrogen-bond donors (Lipinski definition) is 1. The van der Waals surface area contributed by atoms with Crippen molar-refractivity contribution < 1.29 is 32.6 Å². The van der Waals surface area contributed by atoms with Gasteiger partial charge in [-0.15, -0.1) is 0 Å². The van der Waals surface area contributed by atoms with E-state index in [0.29, 0.717) is 12.3 Å². The van der Waals surface area contributed by atoms with E-state index in [-0.39, 0.29) is 40.3 Å². The van der Waals surface area contributed by atoms with Gasteiger partial charge in [0.1, 0.15) is 5.60 Å². The second kappa shape index (κ2) is 8.00. The molecule has 1 aromatic heterocycles. The van der Waals surface area contributed by atoms with Crippen molar-refractivity contribution in [2.24, 2.45) is 11.1 Å². The molecule has 2 aromatic rings. The lowest BCUT2D eigenvalue weighted by Crippen LogP contribution is -2.61. The van der Waals surface area contributed by atoms with E-state index in [2.05, 4.69) is 10.1 Å². The van der Waals surface area contributed by atoms with Gasteiger partial charge in [-0.1, -0.05) is 23.2 Å². The van der Waals surface area contributed by atoms with Gasteiger partial charge in [-0.2, -0.15) is 13.2 Å². The van der Waals surface area contributed by atoms with Gasteiger partial charge in [0.2, 0.25) is 5.91 Å². The summed E-state index contributed by atoms with van der Waals surface area (Å²) in [4.78, 5) is 22.7. The van der Waals surface area contributed by atoms with E-state index < -0.39 is 29.0 Å². The number of β-amino-alcohol motifs (C(OH)–C–C–N with tert-alkyl or cyclic N) is 1. The minimum absolute atomic E-state index is 0.000681. The van der Waals surface area contributed by atoms with E-state index in [9.17, 15) is 23.1 Å². The summed E-state index contributed by atoms with van der Waals surface area (Å²) in [6.45, 7) is 0.219. The highest BCUT2D eigenvalue weighted by atomic mass is 35.5. The fourth-order valence-electron chi connectivity index (χ4n) is 3.94. The van der Waals surface area contributed by atoms with Crippen LogP contribution in [-0.4, -0.2) is 46.1 Å². The molecule has 3 aliphatic rings. The van der Waals surface area contributed by atoms with Gasteiger partial charge >= 0.3 is 12.0 Å².